The van der Waals surface area contributed by atoms with Crippen molar-refractivity contribution in [3.8, 4) is 5.75 Å². The summed E-state index contributed by atoms with van der Waals surface area (Å²) in [5, 5.41) is 3.93. The van der Waals surface area contributed by atoms with E-state index in [1.807, 2.05) is 18.2 Å². The summed E-state index contributed by atoms with van der Waals surface area (Å²) in [6.07, 6.45) is 1.46. The molecule has 0 radical (unpaired) electrons. The van der Waals surface area contributed by atoms with Gasteiger partial charge in [-0.15, -0.1) is 0 Å². The number of hydrogen-bond donors (Lipinski definition) is 2. The molecule has 2 N–H and O–H groups in total. The number of nitrogens with one attached hydrogen (secondary N) is 2. The second-order valence-electron chi connectivity index (χ2n) is 10.7. The van der Waals surface area contributed by atoms with Gasteiger partial charge in [0, 0.05) is 35.5 Å². The van der Waals surface area contributed by atoms with Crippen LogP contribution in [0, 0.1) is 5.92 Å². The van der Waals surface area contributed by atoms with Gasteiger partial charge in [-0.3, -0.25) is 14.4 Å². The van der Waals surface area contributed by atoms with E-state index in [9.17, 15) is 14.4 Å². The molecule has 1 fully saturated rings. The summed E-state index contributed by atoms with van der Waals surface area (Å²) in [6.45, 7) is 9.65. The van der Waals surface area contributed by atoms with E-state index in [4.69, 9.17) is 9.47 Å². The largest absolute Gasteiger partial charge is 0.497 e. The lowest BCUT2D eigenvalue weighted by atomic mass is 9.85. The van der Waals surface area contributed by atoms with Gasteiger partial charge in [0.25, 0.3) is 0 Å². The molecule has 0 spiro atoms. The highest BCUT2D eigenvalue weighted by Crippen LogP contribution is 2.42. The number of fused-ring (bicyclic) bond motifs is 4. The second-order valence-corrected chi connectivity index (χ2v) is 10.7. The van der Waals surface area contributed by atoms with Gasteiger partial charge in [0.1, 0.15) is 23.4 Å². The minimum atomic E-state index is -0.739. The van der Waals surface area contributed by atoms with E-state index >= 15 is 0 Å². The third kappa shape index (κ3) is 4.63. The molecule has 184 valence electrons. The normalized spacial score (nSPS) is 22.4. The molecule has 0 saturated carbocycles. The van der Waals surface area contributed by atoms with Gasteiger partial charge in [0.2, 0.25) is 11.8 Å². The summed E-state index contributed by atoms with van der Waals surface area (Å²) >= 11 is 0. The molecular formula is C26H35N3O5. The number of benzene rings is 1. The van der Waals surface area contributed by atoms with Crippen LogP contribution in [0.15, 0.2) is 18.2 Å². The molecule has 3 atom stereocenters. The predicted molar refractivity (Wildman–Crippen MR) is 128 cm³/mol. The topological polar surface area (TPSA) is 101 Å². The molecule has 4 rings (SSSR count). The number of H-pyrrole nitrogens is 1. The zero-order chi connectivity index (χ0) is 24.8. The maximum Gasteiger partial charge on any atom is 0.306 e. The summed E-state index contributed by atoms with van der Waals surface area (Å²) in [7, 11) is 1.63. The molecular weight excluding hydrogens is 434 g/mol. The molecule has 8 heteroatoms. The second kappa shape index (κ2) is 8.96. The third-order valence-corrected chi connectivity index (χ3v) is 6.47. The van der Waals surface area contributed by atoms with Crippen molar-refractivity contribution in [3.05, 3.63) is 29.5 Å². The molecule has 1 aromatic heterocycles. The Kier molecular flexibility index (Phi) is 6.36. The number of ether oxygens (including phenoxy) is 2. The third-order valence-electron chi connectivity index (χ3n) is 6.47. The van der Waals surface area contributed by atoms with Crippen LogP contribution in [0.3, 0.4) is 0 Å². The van der Waals surface area contributed by atoms with Crippen molar-refractivity contribution in [2.24, 2.45) is 5.92 Å². The molecule has 3 heterocycles. The van der Waals surface area contributed by atoms with Gasteiger partial charge < -0.3 is 24.7 Å². The van der Waals surface area contributed by atoms with Crippen LogP contribution < -0.4 is 10.1 Å². The van der Waals surface area contributed by atoms with E-state index in [1.165, 1.54) is 0 Å². The molecule has 8 nitrogen and oxygen atoms in total. The quantitative estimate of drug-likeness (QED) is 0.629. The van der Waals surface area contributed by atoms with Crippen molar-refractivity contribution >= 4 is 28.7 Å². The Labute approximate surface area is 200 Å². The van der Waals surface area contributed by atoms with Gasteiger partial charge in [-0.25, -0.2) is 0 Å². The molecule has 0 aliphatic carbocycles. The Morgan fingerprint density at radius 1 is 1.24 bits per heavy atom. The van der Waals surface area contributed by atoms with Crippen LogP contribution in [0.5, 0.6) is 5.75 Å². The Balaban J connectivity index is 1.65. The summed E-state index contributed by atoms with van der Waals surface area (Å²) in [5.74, 6) is 0.383. The fourth-order valence-electron chi connectivity index (χ4n) is 5.10. The van der Waals surface area contributed by atoms with Crippen LogP contribution >= 0.6 is 0 Å². The maximum atomic E-state index is 13.6. The van der Waals surface area contributed by atoms with E-state index in [0.29, 0.717) is 12.3 Å². The molecule has 2 aliphatic rings. The van der Waals surface area contributed by atoms with E-state index < -0.39 is 17.7 Å². The molecule has 1 aromatic carbocycles. The molecule has 2 aromatic rings. The van der Waals surface area contributed by atoms with E-state index in [1.54, 1.807) is 32.8 Å². The first-order valence-electron chi connectivity index (χ1n) is 12.0. The SMILES string of the molecule is COc1ccc2c3c([nH]c2c1)[C@@H](CC(C)C)N1C(=O)[C@H](CCC(=O)OC(C)(C)C)NC(=O)[C@@H]1C3. The van der Waals surface area contributed by atoms with Crippen LogP contribution in [0.2, 0.25) is 0 Å². The van der Waals surface area contributed by atoms with E-state index in [2.05, 4.69) is 24.1 Å². The molecule has 1 saturated heterocycles. The molecule has 0 bridgehead atoms. The van der Waals surface area contributed by atoms with Crippen LogP contribution in [0.25, 0.3) is 10.9 Å². The lowest BCUT2D eigenvalue weighted by molar-refractivity contribution is -0.157. The highest BCUT2D eigenvalue weighted by molar-refractivity contribution is 5.99. The van der Waals surface area contributed by atoms with Gasteiger partial charge >= 0.3 is 5.97 Å². The van der Waals surface area contributed by atoms with Gasteiger partial charge in [0.05, 0.1) is 13.2 Å². The summed E-state index contributed by atoms with van der Waals surface area (Å²) in [6, 6.07) is 4.33. The highest BCUT2D eigenvalue weighted by Gasteiger charge is 2.48. The van der Waals surface area contributed by atoms with Crippen LogP contribution in [-0.4, -0.2) is 52.5 Å². The van der Waals surface area contributed by atoms with Crippen molar-refractivity contribution in [1.82, 2.24) is 15.2 Å². The Morgan fingerprint density at radius 2 is 1.97 bits per heavy atom. The summed E-state index contributed by atoms with van der Waals surface area (Å²) in [4.78, 5) is 44.4. The number of esters is 1. The number of aromatic nitrogens is 1. The first-order valence-corrected chi connectivity index (χ1v) is 12.0. The van der Waals surface area contributed by atoms with Crippen molar-refractivity contribution in [3.63, 3.8) is 0 Å². The smallest absolute Gasteiger partial charge is 0.306 e. The predicted octanol–water partition coefficient (Wildman–Crippen LogP) is 3.64. The summed E-state index contributed by atoms with van der Waals surface area (Å²) in [5.41, 5.74) is 2.42. The lowest BCUT2D eigenvalue weighted by Gasteiger charge is -2.46. The minimum Gasteiger partial charge on any atom is -0.497 e. The van der Waals surface area contributed by atoms with Crippen LogP contribution in [0.1, 0.15) is 71.2 Å². The molecule has 0 unspecified atom stereocenters. The molecule has 2 aliphatic heterocycles. The average molecular weight is 470 g/mol. The van der Waals surface area contributed by atoms with Crippen LogP contribution in [-0.2, 0) is 25.5 Å². The fourth-order valence-corrected chi connectivity index (χ4v) is 5.10. The standard InChI is InChI=1S/C26H35N3O5/c1-14(2)11-20-23-17(16-8-7-15(33-6)12-19(16)27-23)13-21-24(31)28-18(25(32)29(20)21)9-10-22(30)34-26(3,4)5/h7-8,12,14,18,20-21,27H,9-11,13H2,1-6H3,(H,28,31)/t18-,20+,21-/m0/s1. The number of rotatable bonds is 6. The van der Waals surface area contributed by atoms with Gasteiger partial charge in [-0.1, -0.05) is 13.8 Å². The van der Waals surface area contributed by atoms with Crippen molar-refractivity contribution < 1.29 is 23.9 Å². The highest BCUT2D eigenvalue weighted by atomic mass is 16.6. The minimum absolute atomic E-state index is 0.0682. The van der Waals surface area contributed by atoms with Crippen molar-refractivity contribution in [1.29, 1.82) is 0 Å². The van der Waals surface area contributed by atoms with Gasteiger partial charge in [-0.05, 0) is 57.2 Å². The van der Waals surface area contributed by atoms with E-state index in [0.717, 1.165) is 34.3 Å². The van der Waals surface area contributed by atoms with Crippen molar-refractivity contribution in [2.45, 2.75) is 84.0 Å². The number of carbonyl (C=O) groups excluding carboxylic acids is 3. The number of hydrogen-bond acceptors (Lipinski definition) is 5. The van der Waals surface area contributed by atoms with Crippen LogP contribution in [0.4, 0.5) is 0 Å². The number of methoxy groups -OCH3 is 1. The zero-order valence-electron chi connectivity index (χ0n) is 20.9. The fraction of sp³-hybridized carbons (Fsp3) is 0.577. The van der Waals surface area contributed by atoms with Crippen molar-refractivity contribution in [2.75, 3.05) is 7.11 Å². The lowest BCUT2D eigenvalue weighted by Crippen LogP contribution is -2.66. The first kappa shape index (κ1) is 24.1. The average Bonchev–Trinajstić information content (AvgIpc) is 3.11. The molecule has 34 heavy (non-hydrogen) atoms. The monoisotopic (exact) mass is 469 g/mol. The number of amides is 2. The number of piperazine rings is 1. The van der Waals surface area contributed by atoms with Gasteiger partial charge in [-0.2, -0.15) is 0 Å². The number of nitrogens with zero attached hydrogens (tertiary/aromatic N) is 1. The Morgan fingerprint density at radius 3 is 2.62 bits per heavy atom. The Bertz CT molecular complexity index is 1110. The maximum absolute atomic E-state index is 13.6. The summed E-state index contributed by atoms with van der Waals surface area (Å²) < 4.78 is 10.8. The van der Waals surface area contributed by atoms with Gasteiger partial charge in [0.15, 0.2) is 0 Å². The number of aromatic amines is 1. The molecule has 2 amide bonds. The van der Waals surface area contributed by atoms with E-state index in [-0.39, 0.29) is 36.7 Å². The number of carbonyl (C=O) groups is 3. The first-order chi connectivity index (χ1) is 16.0. The Hall–Kier alpha value is -3.03. The zero-order valence-corrected chi connectivity index (χ0v) is 20.9.